The molecule has 0 saturated carbocycles. The molecule has 3 nitrogen and oxygen atoms in total. The topological polar surface area (TPSA) is 14.8 Å². The second-order valence-electron chi connectivity index (χ2n) is 13.7. The van der Waals surface area contributed by atoms with E-state index < -0.39 is 95.7 Å². The maximum Gasteiger partial charge on any atom is 0.0782 e. The molecule has 3 heteroatoms. The lowest BCUT2D eigenvalue weighted by Gasteiger charge is -2.14. The number of hydrogen-bond acceptors (Lipinski definition) is 0. The van der Waals surface area contributed by atoms with E-state index in [4.69, 9.17) is 9.60 Å². The number of nitrogens with zero attached hydrogens (tertiary/aromatic N) is 3. The Labute approximate surface area is 352 Å². The highest BCUT2D eigenvalue weighted by Gasteiger charge is 2.20. The number of rotatable bonds is 5. The molecule has 0 fully saturated rings. The summed E-state index contributed by atoms with van der Waals surface area (Å²) in [5, 5.41) is 0.923. The Hall–Kier alpha value is -7.62. The van der Waals surface area contributed by atoms with E-state index >= 15 is 0 Å². The van der Waals surface area contributed by atoms with Crippen molar-refractivity contribution in [3.05, 3.63) is 212 Å². The van der Waals surface area contributed by atoms with E-state index in [1.165, 1.54) is 9.13 Å². The van der Waals surface area contributed by atoms with E-state index in [0.29, 0.717) is 28.6 Å². The van der Waals surface area contributed by atoms with E-state index in [0.717, 1.165) is 27.4 Å². The smallest absolute Gasteiger partial charge is 0.0782 e. The van der Waals surface area contributed by atoms with Gasteiger partial charge in [-0.15, -0.1) is 0 Å². The molecule has 57 heavy (non-hydrogen) atoms. The van der Waals surface area contributed by atoms with Crippen molar-refractivity contribution in [2.24, 2.45) is 0 Å². The second kappa shape index (κ2) is 12.5. The summed E-state index contributed by atoms with van der Waals surface area (Å²) in [7, 11) is 0. The van der Waals surface area contributed by atoms with Crippen LogP contribution < -0.4 is 0 Å². The molecule has 266 valence electrons. The quantitative estimate of drug-likeness (QED) is 0.167. The van der Waals surface area contributed by atoms with Gasteiger partial charge >= 0.3 is 0 Å². The first-order valence-electron chi connectivity index (χ1n) is 26.3. The van der Waals surface area contributed by atoms with Gasteiger partial charge in [0.1, 0.15) is 0 Å². The van der Waals surface area contributed by atoms with Crippen molar-refractivity contribution in [3.8, 4) is 39.3 Å². The molecule has 0 amide bonds. The monoisotopic (exact) mass is 741 g/mol. The summed E-state index contributed by atoms with van der Waals surface area (Å²) >= 11 is 0. The Balaban J connectivity index is 1.21. The van der Waals surface area contributed by atoms with Gasteiger partial charge in [-0.1, -0.05) is 139 Å². The summed E-state index contributed by atoms with van der Waals surface area (Å²) in [5.41, 5.74) is 2.92. The van der Waals surface area contributed by atoms with Crippen LogP contribution in [0, 0.1) is 0 Å². The molecule has 0 N–H and O–H groups in total. The summed E-state index contributed by atoms with van der Waals surface area (Å²) in [5.74, 6) is 0. The molecule has 3 aromatic heterocycles. The molecule has 9 aromatic carbocycles. The molecule has 12 aromatic rings. The van der Waals surface area contributed by atoms with E-state index in [2.05, 4.69) is 0 Å². The highest BCUT2D eigenvalue weighted by molar-refractivity contribution is 6.16. The molecule has 0 spiro atoms. The summed E-state index contributed by atoms with van der Waals surface area (Å²) < 4.78 is 152. The fourth-order valence-electron chi connectivity index (χ4n) is 8.14. The average Bonchev–Trinajstić information content (AvgIpc) is 4.07. The van der Waals surface area contributed by atoms with E-state index in [1.54, 1.807) is 84.9 Å². The van der Waals surface area contributed by atoms with Gasteiger partial charge in [-0.3, -0.25) is 0 Å². The lowest BCUT2D eigenvalue weighted by Crippen LogP contribution is -2.00. The normalized spacial score (nSPS) is 15.8. The van der Waals surface area contributed by atoms with Crippen LogP contribution in [0.25, 0.3) is 105 Å². The minimum atomic E-state index is -0.656. The Morgan fingerprint density at radius 1 is 0.298 bits per heavy atom. The second-order valence-corrected chi connectivity index (χ2v) is 13.7. The minimum Gasteiger partial charge on any atom is -0.309 e. The molecule has 0 bridgehead atoms. The standard InChI is InChI=1S/C54H35N3/c1-3-14-36(15-4-1)37-26-30-41(31-27-37)55-48-22-10-8-19-43(48)46-34-38(28-32-51(46)55)39-29-33-52-47(35-39)44-20-9-12-24-50(44)57(52)53-25-13-21-45-42-18-7-11-23-49(42)56(54(45)53)40-16-5-2-6-17-40/h1-35H/i1D,2D,8D,9D,10D,12D,19D,20D,22D,24D,28D,29D,32D,33D,34D,35D. The van der Waals surface area contributed by atoms with Crippen LogP contribution in [0.1, 0.15) is 21.9 Å². The van der Waals surface area contributed by atoms with Crippen LogP contribution in [0.4, 0.5) is 0 Å². The van der Waals surface area contributed by atoms with E-state index in [-0.39, 0.29) is 49.7 Å². The van der Waals surface area contributed by atoms with Crippen LogP contribution in [0.3, 0.4) is 0 Å². The van der Waals surface area contributed by atoms with Crippen molar-refractivity contribution in [2.45, 2.75) is 0 Å². The van der Waals surface area contributed by atoms with Crippen molar-refractivity contribution >= 4 is 65.4 Å². The van der Waals surface area contributed by atoms with E-state index in [9.17, 15) is 12.3 Å². The third-order valence-electron chi connectivity index (χ3n) is 10.6. The van der Waals surface area contributed by atoms with Gasteiger partial charge in [-0.2, -0.15) is 0 Å². The predicted octanol–water partition coefficient (Wildman–Crippen LogP) is 14.3. The fraction of sp³-hybridized carbons (Fsp3) is 0. The number of aromatic nitrogens is 3. The number of benzene rings is 9. The first kappa shape index (κ1) is 19.8. The largest absolute Gasteiger partial charge is 0.309 e. The molecule has 0 aliphatic carbocycles. The molecular formula is C54H35N3. The van der Waals surface area contributed by atoms with Gasteiger partial charge in [0.2, 0.25) is 0 Å². The highest BCUT2D eigenvalue weighted by Crippen LogP contribution is 2.41. The van der Waals surface area contributed by atoms with Crippen LogP contribution in [0.5, 0.6) is 0 Å². The van der Waals surface area contributed by atoms with Crippen molar-refractivity contribution in [1.82, 2.24) is 13.7 Å². The Morgan fingerprint density at radius 2 is 0.842 bits per heavy atom. The molecule has 12 rings (SSSR count). The zero-order chi connectivity index (χ0) is 51.4. The SMILES string of the molecule is [2H]c1ccc(-c2ccc(-n3c4c([2H])c([2H])c([2H])c([2H])c4c4c([2H])c(-c5c([2H])c([2H])c6c(c5[2H])c5c([2H])c([2H])c([2H])c([2H])c5n6-c5cccc6c7ccccc7n(-c7ccc([2H])cc7)c56)c([2H])c([2H])c43)cc2)cc1. The van der Waals surface area contributed by atoms with E-state index in [1.807, 2.05) is 34.9 Å². The van der Waals surface area contributed by atoms with Crippen LogP contribution in [-0.2, 0) is 0 Å². The van der Waals surface area contributed by atoms with Gasteiger partial charge in [0.25, 0.3) is 0 Å². The van der Waals surface area contributed by atoms with Gasteiger partial charge < -0.3 is 13.7 Å². The molecule has 0 saturated heterocycles. The number of hydrogen-bond donors (Lipinski definition) is 0. The first-order valence-corrected chi connectivity index (χ1v) is 18.3. The first-order chi connectivity index (χ1) is 34.9. The maximum absolute atomic E-state index is 10.1. The summed E-state index contributed by atoms with van der Waals surface area (Å²) in [4.78, 5) is 0. The Kier molecular flexibility index (Phi) is 4.33. The lowest BCUT2D eigenvalue weighted by molar-refractivity contribution is 1.13. The van der Waals surface area contributed by atoms with Crippen molar-refractivity contribution < 1.29 is 21.9 Å². The van der Waals surface area contributed by atoms with Crippen molar-refractivity contribution in [3.63, 3.8) is 0 Å². The Morgan fingerprint density at radius 3 is 1.54 bits per heavy atom. The molecular weight excluding hydrogens is 691 g/mol. The van der Waals surface area contributed by atoms with Gasteiger partial charge in [-0.25, -0.2) is 0 Å². The highest BCUT2D eigenvalue weighted by atomic mass is 15.1. The molecule has 3 heterocycles. The van der Waals surface area contributed by atoms with Crippen LogP contribution in [-0.4, -0.2) is 13.7 Å². The predicted molar refractivity (Wildman–Crippen MR) is 240 cm³/mol. The Bertz CT molecular complexity index is 4420. The summed E-state index contributed by atoms with van der Waals surface area (Å²) in [6, 6.07) is 26.3. The third-order valence-corrected chi connectivity index (χ3v) is 10.6. The van der Waals surface area contributed by atoms with Crippen LogP contribution >= 0.6 is 0 Å². The van der Waals surface area contributed by atoms with Crippen LogP contribution in [0.15, 0.2) is 212 Å². The molecule has 0 radical (unpaired) electrons. The van der Waals surface area contributed by atoms with Gasteiger partial charge in [0.15, 0.2) is 0 Å². The zero-order valence-corrected chi connectivity index (χ0v) is 29.8. The van der Waals surface area contributed by atoms with Crippen molar-refractivity contribution in [2.75, 3.05) is 0 Å². The summed E-state index contributed by atoms with van der Waals surface area (Å²) in [6.45, 7) is 0. The molecule has 0 aliphatic heterocycles. The zero-order valence-electron chi connectivity index (χ0n) is 45.8. The van der Waals surface area contributed by atoms with Gasteiger partial charge in [0.05, 0.1) is 60.7 Å². The van der Waals surface area contributed by atoms with Crippen molar-refractivity contribution in [1.29, 1.82) is 0 Å². The molecule has 0 aliphatic rings. The lowest BCUT2D eigenvalue weighted by atomic mass is 10.0. The number of fused-ring (bicyclic) bond motifs is 9. The van der Waals surface area contributed by atoms with Gasteiger partial charge in [0, 0.05) is 43.7 Å². The molecule has 0 atom stereocenters. The molecule has 0 unspecified atom stereocenters. The van der Waals surface area contributed by atoms with Gasteiger partial charge in [-0.05, 0) is 94.9 Å². The summed E-state index contributed by atoms with van der Waals surface area (Å²) in [6.07, 6.45) is 0. The average molecular weight is 742 g/mol. The van der Waals surface area contributed by atoms with Crippen LogP contribution in [0.2, 0.25) is 0 Å². The maximum atomic E-state index is 10.1. The number of para-hydroxylation sites is 5. The fourth-order valence-corrected chi connectivity index (χ4v) is 8.14. The minimum absolute atomic E-state index is 0.0824. The third kappa shape index (κ3) is 4.79.